The van der Waals surface area contributed by atoms with E-state index in [1.165, 1.54) is 11.9 Å². The number of rotatable bonds is 11. The van der Waals surface area contributed by atoms with Crippen LogP contribution in [0.2, 0.25) is 0 Å². The lowest BCUT2D eigenvalue weighted by atomic mass is 9.94. The van der Waals surface area contributed by atoms with Crippen LogP contribution in [0, 0.1) is 6.92 Å². The van der Waals surface area contributed by atoms with Gasteiger partial charge in [-0.05, 0) is 55.2 Å². The lowest BCUT2D eigenvalue weighted by molar-refractivity contribution is -0.141. The van der Waals surface area contributed by atoms with Crippen LogP contribution in [0.1, 0.15) is 48.8 Å². The first-order chi connectivity index (χ1) is 19.6. The minimum Gasteiger partial charge on any atom is -0.352 e. The quantitative estimate of drug-likeness (QED) is 0.302. The summed E-state index contributed by atoms with van der Waals surface area (Å²) < 4.78 is 28.6. The molecule has 1 unspecified atom stereocenters. The zero-order valence-corrected chi connectivity index (χ0v) is 26.0. The molecule has 1 N–H and O–H groups in total. The van der Waals surface area contributed by atoms with E-state index in [0.717, 1.165) is 57.6 Å². The first kappa shape index (κ1) is 30.9. The molecule has 7 nitrogen and oxygen atoms in total. The van der Waals surface area contributed by atoms with Gasteiger partial charge in [0.05, 0.1) is 11.4 Å². The number of hydrogen-bond donors (Lipinski definition) is 1. The fourth-order valence-electron chi connectivity index (χ4n) is 5.14. The lowest BCUT2D eigenvalue weighted by Gasteiger charge is -2.34. The van der Waals surface area contributed by atoms with E-state index in [4.69, 9.17) is 0 Å². The monoisotopic (exact) mass is 639 g/mol. The largest absolute Gasteiger partial charge is 0.352 e. The van der Waals surface area contributed by atoms with E-state index in [9.17, 15) is 18.0 Å². The van der Waals surface area contributed by atoms with E-state index in [1.807, 2.05) is 61.5 Å². The highest BCUT2D eigenvalue weighted by Gasteiger charge is 2.34. The maximum atomic E-state index is 14.0. The van der Waals surface area contributed by atoms with Gasteiger partial charge >= 0.3 is 0 Å². The first-order valence-corrected chi connectivity index (χ1v) is 16.3. The Morgan fingerprint density at radius 2 is 1.54 bits per heavy atom. The molecule has 1 saturated carbocycles. The van der Waals surface area contributed by atoms with Crippen LogP contribution in [0.3, 0.4) is 0 Å². The van der Waals surface area contributed by atoms with E-state index in [1.54, 1.807) is 24.3 Å². The number of aryl methyl sites for hydroxylation is 1. The molecule has 0 spiro atoms. The number of amides is 2. The van der Waals surface area contributed by atoms with Crippen molar-refractivity contribution < 1.29 is 18.0 Å². The van der Waals surface area contributed by atoms with E-state index in [-0.39, 0.29) is 23.4 Å². The number of nitrogens with zero attached hydrogens (tertiary/aromatic N) is 2. The molecule has 9 heteroatoms. The van der Waals surface area contributed by atoms with Gasteiger partial charge in [0, 0.05) is 30.5 Å². The Morgan fingerprint density at radius 3 is 2.17 bits per heavy atom. The predicted molar refractivity (Wildman–Crippen MR) is 165 cm³/mol. The Morgan fingerprint density at radius 1 is 0.902 bits per heavy atom. The van der Waals surface area contributed by atoms with Gasteiger partial charge in [-0.2, -0.15) is 4.31 Å². The van der Waals surface area contributed by atoms with E-state index < -0.39 is 28.5 Å². The molecule has 1 aliphatic rings. The summed E-state index contributed by atoms with van der Waals surface area (Å²) in [4.78, 5) is 29.6. The Hall–Kier alpha value is -3.01. The number of hydrogen-bond acceptors (Lipinski definition) is 4. The molecule has 0 saturated heterocycles. The second kappa shape index (κ2) is 14.2. The molecule has 0 bridgehead atoms. The van der Waals surface area contributed by atoms with Crippen LogP contribution in [0.15, 0.2) is 88.2 Å². The number of nitrogens with one attached hydrogen (secondary N) is 1. The number of carbonyl (C=O) groups is 2. The van der Waals surface area contributed by atoms with Crippen LogP contribution in [0.5, 0.6) is 0 Å². The van der Waals surface area contributed by atoms with Crippen LogP contribution in [-0.2, 0) is 32.6 Å². The Labute approximate surface area is 252 Å². The molecule has 3 aromatic rings. The fourth-order valence-corrected chi connectivity index (χ4v) is 6.53. The Bertz CT molecular complexity index is 1410. The molecule has 3 aromatic carbocycles. The standard InChI is InChI=1S/C32H38BrN3O4S/c1-24-13-19-29(20-14-24)41(39,40)35(2)23-31(37)36(22-26-15-17-27(33)18-16-26)30(21-25-9-5-3-6-10-25)32(38)34-28-11-7-4-8-12-28/h3,5-6,9-10,13-20,28,30H,4,7-8,11-12,21-23H2,1-2H3,(H,34,38). The van der Waals surface area contributed by atoms with Gasteiger partial charge in [0.25, 0.3) is 0 Å². The van der Waals surface area contributed by atoms with E-state index >= 15 is 0 Å². The maximum absolute atomic E-state index is 14.0. The molecule has 4 rings (SSSR count). The van der Waals surface area contributed by atoms with Gasteiger partial charge < -0.3 is 10.2 Å². The van der Waals surface area contributed by atoms with Crippen LogP contribution in [-0.4, -0.2) is 55.1 Å². The fraction of sp³-hybridized carbons (Fsp3) is 0.375. The van der Waals surface area contributed by atoms with Crippen molar-refractivity contribution in [3.63, 3.8) is 0 Å². The van der Waals surface area contributed by atoms with E-state index in [0.29, 0.717) is 6.42 Å². The third-order valence-corrected chi connectivity index (χ3v) is 9.92. The molecule has 0 aromatic heterocycles. The van der Waals surface area contributed by atoms with Gasteiger partial charge in [-0.3, -0.25) is 9.59 Å². The third kappa shape index (κ3) is 8.50. The number of carbonyl (C=O) groups excluding carboxylic acids is 2. The minimum absolute atomic E-state index is 0.0729. The topological polar surface area (TPSA) is 86.8 Å². The number of benzene rings is 3. The van der Waals surface area contributed by atoms with Crippen molar-refractivity contribution in [1.82, 2.24) is 14.5 Å². The molecule has 2 amide bonds. The van der Waals surface area contributed by atoms with Gasteiger partial charge in [0.1, 0.15) is 6.04 Å². The summed E-state index contributed by atoms with van der Waals surface area (Å²) in [5, 5.41) is 3.21. The number of likely N-dealkylation sites (N-methyl/N-ethyl adjacent to an activating group) is 1. The molecule has 1 atom stereocenters. The molecule has 0 heterocycles. The minimum atomic E-state index is -3.91. The molecular weight excluding hydrogens is 602 g/mol. The highest BCUT2D eigenvalue weighted by atomic mass is 79.9. The average Bonchev–Trinajstić information content (AvgIpc) is 2.97. The van der Waals surface area contributed by atoms with Gasteiger partial charge in [-0.25, -0.2) is 8.42 Å². The molecule has 0 aliphatic heterocycles. The summed E-state index contributed by atoms with van der Waals surface area (Å²) in [6.07, 6.45) is 5.45. The summed E-state index contributed by atoms with van der Waals surface area (Å²) in [7, 11) is -2.51. The number of sulfonamides is 1. The smallest absolute Gasteiger partial charge is 0.243 e. The van der Waals surface area contributed by atoms with Crippen molar-refractivity contribution in [2.45, 2.75) is 69.0 Å². The van der Waals surface area contributed by atoms with Crippen molar-refractivity contribution in [2.75, 3.05) is 13.6 Å². The van der Waals surface area contributed by atoms with E-state index in [2.05, 4.69) is 21.2 Å². The van der Waals surface area contributed by atoms with Crippen molar-refractivity contribution in [1.29, 1.82) is 0 Å². The molecule has 218 valence electrons. The van der Waals surface area contributed by atoms with Crippen molar-refractivity contribution in [3.05, 3.63) is 100 Å². The first-order valence-electron chi connectivity index (χ1n) is 14.0. The SMILES string of the molecule is Cc1ccc(S(=O)(=O)N(C)CC(=O)N(Cc2ccc(Br)cc2)C(Cc2ccccc2)C(=O)NC2CCCCC2)cc1. The summed E-state index contributed by atoms with van der Waals surface area (Å²) in [6.45, 7) is 1.66. The zero-order chi connectivity index (χ0) is 29.4. The average molecular weight is 641 g/mol. The van der Waals surface area contributed by atoms with Gasteiger partial charge in [0.15, 0.2) is 0 Å². The summed E-state index contributed by atoms with van der Waals surface area (Å²) in [5.41, 5.74) is 2.70. The molecule has 1 aliphatic carbocycles. The number of halogens is 1. The van der Waals surface area contributed by atoms with Crippen molar-refractivity contribution in [3.8, 4) is 0 Å². The molecule has 1 fully saturated rings. The summed E-state index contributed by atoms with van der Waals surface area (Å²) in [5.74, 6) is -0.652. The third-order valence-electron chi connectivity index (χ3n) is 7.58. The summed E-state index contributed by atoms with van der Waals surface area (Å²) >= 11 is 3.46. The molecule has 41 heavy (non-hydrogen) atoms. The maximum Gasteiger partial charge on any atom is 0.243 e. The van der Waals surface area contributed by atoms with Gasteiger partial charge in [-0.1, -0.05) is 95.4 Å². The lowest BCUT2D eigenvalue weighted by Crippen LogP contribution is -2.54. The highest BCUT2D eigenvalue weighted by molar-refractivity contribution is 9.10. The highest BCUT2D eigenvalue weighted by Crippen LogP contribution is 2.21. The van der Waals surface area contributed by atoms with Crippen molar-refractivity contribution >= 4 is 37.8 Å². The summed E-state index contributed by atoms with van der Waals surface area (Å²) in [6, 6.07) is 23.0. The van der Waals surface area contributed by atoms with Crippen LogP contribution >= 0.6 is 15.9 Å². The Balaban J connectivity index is 1.65. The zero-order valence-electron chi connectivity index (χ0n) is 23.6. The van der Waals surface area contributed by atoms with Gasteiger partial charge in [-0.15, -0.1) is 0 Å². The Kier molecular flexibility index (Phi) is 10.8. The molecular formula is C32H38BrN3O4S. The van der Waals surface area contributed by atoms with Crippen LogP contribution in [0.25, 0.3) is 0 Å². The molecule has 0 radical (unpaired) electrons. The normalized spacial score (nSPS) is 14.9. The second-order valence-corrected chi connectivity index (χ2v) is 13.7. The van der Waals surface area contributed by atoms with Gasteiger partial charge in [0.2, 0.25) is 21.8 Å². The van der Waals surface area contributed by atoms with Crippen LogP contribution in [0.4, 0.5) is 0 Å². The second-order valence-electron chi connectivity index (χ2n) is 10.8. The van der Waals surface area contributed by atoms with Crippen molar-refractivity contribution in [2.24, 2.45) is 0 Å². The predicted octanol–water partition coefficient (Wildman–Crippen LogP) is 5.47. The van der Waals surface area contributed by atoms with Crippen LogP contribution < -0.4 is 5.32 Å².